The predicted octanol–water partition coefficient (Wildman–Crippen LogP) is 18.6. The smallest absolute Gasteiger partial charge is 0.143 e. The first-order chi connectivity index (χ1) is 35.2. The van der Waals surface area contributed by atoms with Gasteiger partial charge < -0.3 is 18.3 Å². The van der Waals surface area contributed by atoms with Gasteiger partial charge in [0, 0.05) is 66.1 Å². The molecule has 0 atom stereocenters. The summed E-state index contributed by atoms with van der Waals surface area (Å²) in [6.45, 7) is 0. The number of anilines is 2. The van der Waals surface area contributed by atoms with Gasteiger partial charge in [0.25, 0.3) is 0 Å². The average molecular weight is 909 g/mol. The summed E-state index contributed by atoms with van der Waals surface area (Å²) in [4.78, 5) is 2.43. The van der Waals surface area contributed by atoms with Crippen LogP contribution in [0.4, 0.5) is 11.4 Å². The van der Waals surface area contributed by atoms with Gasteiger partial charge in [0.2, 0.25) is 0 Å². The van der Waals surface area contributed by atoms with Crippen molar-refractivity contribution in [3.05, 3.63) is 266 Å². The van der Waals surface area contributed by atoms with Crippen LogP contribution in [0.2, 0.25) is 0 Å². The van der Waals surface area contributed by atoms with Crippen LogP contribution in [-0.4, -0.2) is 4.57 Å². The Morgan fingerprint density at radius 2 is 0.901 bits per heavy atom. The van der Waals surface area contributed by atoms with E-state index in [0.29, 0.717) is 0 Å². The summed E-state index contributed by atoms with van der Waals surface area (Å²) >= 11 is 0. The molecule has 3 heterocycles. The number of furan rings is 2. The Bertz CT molecular complexity index is 4240. The monoisotopic (exact) mass is 908 g/mol. The summed E-state index contributed by atoms with van der Waals surface area (Å²) in [5, 5.41) is 6.98. The van der Waals surface area contributed by atoms with Crippen LogP contribution in [0.25, 0.3) is 110 Å². The van der Waals surface area contributed by atoms with Crippen molar-refractivity contribution in [2.45, 2.75) is 6.42 Å². The number of aromatic nitrogens is 1. The van der Waals surface area contributed by atoms with Crippen LogP contribution in [0.5, 0.6) is 0 Å². The summed E-state index contributed by atoms with van der Waals surface area (Å²) < 4.78 is 15.5. The maximum absolute atomic E-state index is 6.57. The summed E-state index contributed by atoms with van der Waals surface area (Å²) in [5.41, 5.74) is 19.1. The van der Waals surface area contributed by atoms with Crippen molar-refractivity contribution in [1.82, 2.24) is 4.57 Å². The average Bonchev–Trinajstić information content (AvgIpc) is 4.05. The summed E-state index contributed by atoms with van der Waals surface area (Å²) in [5.74, 6) is 0. The molecule has 1 aliphatic carbocycles. The van der Waals surface area contributed by atoms with Crippen molar-refractivity contribution in [3.8, 4) is 39.1 Å². The molecule has 4 nitrogen and oxygen atoms in total. The molecule has 13 aromatic rings. The van der Waals surface area contributed by atoms with Gasteiger partial charge in [-0.2, -0.15) is 0 Å². The lowest BCUT2D eigenvalue weighted by Gasteiger charge is -2.29. The third-order valence-corrected chi connectivity index (χ3v) is 14.3. The first-order valence-corrected chi connectivity index (χ1v) is 24.3. The van der Waals surface area contributed by atoms with Crippen molar-refractivity contribution >= 4 is 82.6 Å². The molecule has 334 valence electrons. The van der Waals surface area contributed by atoms with Gasteiger partial charge in [-0.1, -0.05) is 194 Å². The summed E-state index contributed by atoms with van der Waals surface area (Å²) in [6, 6.07) is 82.5. The van der Waals surface area contributed by atoms with Crippen molar-refractivity contribution in [2.75, 3.05) is 4.90 Å². The predicted molar refractivity (Wildman–Crippen MR) is 296 cm³/mol. The van der Waals surface area contributed by atoms with Gasteiger partial charge >= 0.3 is 0 Å². The molecule has 14 rings (SSSR count). The highest BCUT2D eigenvalue weighted by atomic mass is 16.3. The highest BCUT2D eigenvalue weighted by Gasteiger charge is 2.22. The topological polar surface area (TPSA) is 34.5 Å². The van der Waals surface area contributed by atoms with E-state index in [1.54, 1.807) is 0 Å². The van der Waals surface area contributed by atoms with Crippen LogP contribution in [-0.2, 0) is 0 Å². The van der Waals surface area contributed by atoms with Crippen LogP contribution in [0.3, 0.4) is 0 Å². The van der Waals surface area contributed by atoms with Gasteiger partial charge in [-0.25, -0.2) is 0 Å². The maximum atomic E-state index is 6.57. The molecule has 0 saturated heterocycles. The molecule has 0 spiro atoms. The molecule has 4 heteroatoms. The molecule has 0 saturated carbocycles. The van der Waals surface area contributed by atoms with Crippen LogP contribution < -0.4 is 4.90 Å². The van der Waals surface area contributed by atoms with Crippen LogP contribution >= 0.6 is 0 Å². The van der Waals surface area contributed by atoms with Crippen molar-refractivity contribution in [2.24, 2.45) is 0 Å². The Kier molecular flexibility index (Phi) is 9.56. The maximum Gasteiger partial charge on any atom is 0.143 e. The zero-order valence-corrected chi connectivity index (χ0v) is 38.7. The second-order valence-electron chi connectivity index (χ2n) is 18.3. The lowest BCUT2D eigenvalue weighted by molar-refractivity contribution is 0.667. The molecule has 0 amide bonds. The molecule has 0 radical (unpaired) electrons. The summed E-state index contributed by atoms with van der Waals surface area (Å²) in [6.07, 6.45) is 9.91. The van der Waals surface area contributed by atoms with Gasteiger partial charge in [-0.3, -0.25) is 0 Å². The zero-order chi connectivity index (χ0) is 46.8. The van der Waals surface area contributed by atoms with Crippen molar-refractivity contribution < 1.29 is 8.83 Å². The van der Waals surface area contributed by atoms with E-state index >= 15 is 0 Å². The number of hydrogen-bond donors (Lipinski definition) is 0. The van der Waals surface area contributed by atoms with Crippen molar-refractivity contribution in [1.29, 1.82) is 0 Å². The minimum absolute atomic E-state index is 0.720. The molecular formula is C67H44N2O2. The Morgan fingerprint density at radius 3 is 1.58 bits per heavy atom. The minimum Gasteiger partial charge on any atom is -0.455 e. The second kappa shape index (κ2) is 16.7. The van der Waals surface area contributed by atoms with E-state index in [1.165, 1.54) is 21.8 Å². The zero-order valence-electron chi connectivity index (χ0n) is 38.7. The fourth-order valence-electron chi connectivity index (χ4n) is 10.9. The number of benzene rings is 10. The molecule has 10 aromatic carbocycles. The highest BCUT2D eigenvalue weighted by Crippen LogP contribution is 2.44. The molecule has 0 aliphatic heterocycles. The van der Waals surface area contributed by atoms with E-state index in [-0.39, 0.29) is 0 Å². The third-order valence-electron chi connectivity index (χ3n) is 14.3. The summed E-state index contributed by atoms with van der Waals surface area (Å²) in [7, 11) is 0. The number of fused-ring (bicyclic) bond motifs is 9. The van der Waals surface area contributed by atoms with E-state index in [4.69, 9.17) is 8.83 Å². The van der Waals surface area contributed by atoms with E-state index in [2.05, 4.69) is 246 Å². The van der Waals surface area contributed by atoms with Gasteiger partial charge in [0.15, 0.2) is 0 Å². The van der Waals surface area contributed by atoms with E-state index in [0.717, 1.165) is 118 Å². The Morgan fingerprint density at radius 1 is 0.366 bits per heavy atom. The molecule has 0 fully saturated rings. The number of hydrogen-bond acceptors (Lipinski definition) is 3. The third kappa shape index (κ3) is 6.83. The van der Waals surface area contributed by atoms with E-state index in [9.17, 15) is 0 Å². The Balaban J connectivity index is 0.929. The molecule has 3 aromatic heterocycles. The standard InChI is InChI=1S/C67H44N2O2/c1-2-15-44(16-3-1)48-36-42-52(46-32-40-51(41-33-46)69-61-27-8-4-19-55(61)56-20-5-9-28-62(56)69)63(43-48)68(50-38-34-47(35-39-50)54-24-14-26-60-58-22-7-11-30-65(58)71-67(54)60)49-18-12-17-45(31-37-49)53-23-13-25-59-57-21-6-10-29-64(57)70-66(53)59/h1-11,13-43H,12H2. The van der Waals surface area contributed by atoms with Gasteiger partial charge in [-0.15, -0.1) is 0 Å². The quantitative estimate of drug-likeness (QED) is 0.152. The van der Waals surface area contributed by atoms with Crippen molar-refractivity contribution in [3.63, 3.8) is 0 Å². The number of nitrogens with zero attached hydrogens (tertiary/aromatic N) is 2. The normalized spacial score (nSPS) is 12.8. The SMILES string of the molecule is C1=CC(N(c2ccc(-c3cccc4c3oc3ccccc34)cc2)c2cc(-c3ccccc3)ccc2-c2ccc(-n3c4ccccc4c4ccccc43)cc2)=CCC=C1c1cccc2c1oc1ccccc12. The van der Waals surface area contributed by atoms with Gasteiger partial charge in [0.05, 0.1) is 16.7 Å². The van der Waals surface area contributed by atoms with Gasteiger partial charge in [-0.05, 0) is 94.9 Å². The van der Waals surface area contributed by atoms with E-state index in [1.807, 2.05) is 18.2 Å². The minimum atomic E-state index is 0.720. The first-order valence-electron chi connectivity index (χ1n) is 24.3. The molecule has 0 unspecified atom stereocenters. The lowest BCUT2D eigenvalue weighted by Crippen LogP contribution is -2.16. The Hall–Kier alpha value is -9.38. The first kappa shape index (κ1) is 40.7. The highest BCUT2D eigenvalue weighted by molar-refractivity contribution is 6.11. The molecule has 1 aliphatic rings. The molecule has 0 N–H and O–H groups in total. The lowest BCUT2D eigenvalue weighted by atomic mass is 9.96. The number of allylic oxidation sites excluding steroid dienone is 5. The van der Waals surface area contributed by atoms with Crippen LogP contribution in [0.1, 0.15) is 12.0 Å². The molecule has 0 bridgehead atoms. The second-order valence-corrected chi connectivity index (χ2v) is 18.3. The van der Waals surface area contributed by atoms with Crippen LogP contribution in [0, 0.1) is 0 Å². The van der Waals surface area contributed by atoms with Crippen LogP contribution in [0.15, 0.2) is 269 Å². The number of rotatable bonds is 8. The fourth-order valence-corrected chi connectivity index (χ4v) is 10.9. The van der Waals surface area contributed by atoms with E-state index < -0.39 is 0 Å². The molecule has 71 heavy (non-hydrogen) atoms. The largest absolute Gasteiger partial charge is 0.455 e. The molecular weight excluding hydrogens is 865 g/mol. The fraction of sp³-hybridized carbons (Fsp3) is 0.0149. The Labute approximate surface area is 410 Å². The number of para-hydroxylation sites is 6. The van der Waals surface area contributed by atoms with Gasteiger partial charge in [0.1, 0.15) is 22.3 Å².